The van der Waals surface area contributed by atoms with Crippen molar-refractivity contribution in [3.63, 3.8) is 0 Å². The first-order valence-electron chi connectivity index (χ1n) is 3.95. The lowest BCUT2D eigenvalue weighted by molar-refractivity contribution is 0.371. The van der Waals surface area contributed by atoms with Crippen LogP contribution in [0.5, 0.6) is 0 Å². The third-order valence-electron chi connectivity index (χ3n) is 1.98. The largest absolute Gasteiger partial charge is 0.402 e. The van der Waals surface area contributed by atoms with Crippen LogP contribution < -0.4 is 5.73 Å². The predicted molar refractivity (Wildman–Crippen MR) is 48.6 cm³/mol. The molecule has 0 radical (unpaired) electrons. The average Bonchev–Trinajstić information content (AvgIpc) is 1.83. The Hall–Kier alpha value is -0.790. The van der Waals surface area contributed by atoms with E-state index in [1.165, 1.54) is 0 Å². The summed E-state index contributed by atoms with van der Waals surface area (Å²) in [7, 11) is 1.82. The summed E-state index contributed by atoms with van der Waals surface area (Å²) in [6.45, 7) is 4.44. The first-order chi connectivity index (χ1) is 5.03. The lowest BCUT2D eigenvalue weighted by Gasteiger charge is -2.28. The van der Waals surface area contributed by atoms with Crippen LogP contribution in [0.2, 0.25) is 0 Å². The molecule has 0 aromatic carbocycles. The maximum Gasteiger partial charge on any atom is 0.0367 e. The highest BCUT2D eigenvalue weighted by atomic mass is 14.7. The minimum atomic E-state index is 0.299. The fourth-order valence-electron chi connectivity index (χ4n) is 1.57. The van der Waals surface area contributed by atoms with Crippen LogP contribution in [0.4, 0.5) is 0 Å². The highest BCUT2D eigenvalue weighted by Gasteiger charge is 2.24. The molecule has 0 saturated heterocycles. The molecule has 11 heavy (non-hydrogen) atoms. The summed E-state index contributed by atoms with van der Waals surface area (Å²) in [6, 6.07) is 0. The van der Waals surface area contributed by atoms with Crippen molar-refractivity contribution in [2.75, 3.05) is 7.05 Å². The van der Waals surface area contributed by atoms with E-state index in [2.05, 4.69) is 18.8 Å². The van der Waals surface area contributed by atoms with Crippen molar-refractivity contribution < 1.29 is 0 Å². The zero-order valence-electron chi connectivity index (χ0n) is 7.52. The van der Waals surface area contributed by atoms with E-state index >= 15 is 0 Å². The third kappa shape index (κ3) is 2.07. The van der Waals surface area contributed by atoms with E-state index in [1.807, 2.05) is 13.1 Å². The molecular formula is C9H16N2. The molecule has 1 aliphatic rings. The summed E-state index contributed by atoms with van der Waals surface area (Å²) in [5.74, 6) is 0. The van der Waals surface area contributed by atoms with E-state index in [4.69, 9.17) is 5.73 Å². The molecule has 2 heteroatoms. The topological polar surface area (TPSA) is 38.4 Å². The Morgan fingerprint density at radius 1 is 1.45 bits per heavy atom. The smallest absolute Gasteiger partial charge is 0.0367 e. The number of nitrogens with zero attached hydrogens (tertiary/aromatic N) is 1. The summed E-state index contributed by atoms with van der Waals surface area (Å²) in [4.78, 5) is 4.15. The van der Waals surface area contributed by atoms with Gasteiger partial charge in [-0.1, -0.05) is 13.8 Å². The Bertz CT molecular complexity index is 212. The molecule has 0 unspecified atom stereocenters. The van der Waals surface area contributed by atoms with E-state index in [0.29, 0.717) is 5.41 Å². The van der Waals surface area contributed by atoms with Crippen molar-refractivity contribution in [3.05, 3.63) is 11.8 Å². The highest BCUT2D eigenvalue weighted by molar-refractivity contribution is 5.96. The van der Waals surface area contributed by atoms with Crippen LogP contribution in [0.1, 0.15) is 26.7 Å². The van der Waals surface area contributed by atoms with Crippen molar-refractivity contribution in [3.8, 4) is 0 Å². The van der Waals surface area contributed by atoms with Gasteiger partial charge in [-0.25, -0.2) is 0 Å². The van der Waals surface area contributed by atoms with Crippen LogP contribution in [0.3, 0.4) is 0 Å². The molecule has 0 amide bonds. The minimum Gasteiger partial charge on any atom is -0.402 e. The van der Waals surface area contributed by atoms with Gasteiger partial charge in [0, 0.05) is 18.5 Å². The maximum atomic E-state index is 5.76. The Labute approximate surface area is 68.2 Å². The fraction of sp³-hybridized carbons (Fsp3) is 0.667. The van der Waals surface area contributed by atoms with Gasteiger partial charge >= 0.3 is 0 Å². The molecule has 0 fully saturated rings. The first-order valence-corrected chi connectivity index (χ1v) is 3.95. The SMILES string of the molecule is CN=C1C=C(N)CC(C)(C)C1. The standard InChI is InChI=1S/C9H16N2/c1-9(2)5-7(10)4-8(6-9)11-3/h4H,5-6,10H2,1-3H3. The van der Waals surface area contributed by atoms with Crippen LogP contribution in [0.15, 0.2) is 16.8 Å². The average molecular weight is 152 g/mol. The van der Waals surface area contributed by atoms with Crippen LogP contribution >= 0.6 is 0 Å². The van der Waals surface area contributed by atoms with Gasteiger partial charge < -0.3 is 5.73 Å². The van der Waals surface area contributed by atoms with Gasteiger partial charge in [-0.05, 0) is 24.3 Å². The molecule has 2 nitrogen and oxygen atoms in total. The fourth-order valence-corrected chi connectivity index (χ4v) is 1.57. The quantitative estimate of drug-likeness (QED) is 0.564. The minimum absolute atomic E-state index is 0.299. The molecule has 0 saturated carbocycles. The van der Waals surface area contributed by atoms with E-state index in [0.717, 1.165) is 24.3 Å². The summed E-state index contributed by atoms with van der Waals surface area (Å²) in [6.07, 6.45) is 4.03. The number of nitrogens with two attached hydrogens (primary N) is 1. The second-order valence-corrected chi connectivity index (χ2v) is 3.95. The van der Waals surface area contributed by atoms with Gasteiger partial charge in [0.25, 0.3) is 0 Å². The van der Waals surface area contributed by atoms with Crippen LogP contribution in [0.25, 0.3) is 0 Å². The molecule has 0 aromatic rings. The van der Waals surface area contributed by atoms with Gasteiger partial charge in [0.1, 0.15) is 0 Å². The summed E-state index contributed by atoms with van der Waals surface area (Å²) in [5, 5.41) is 0. The predicted octanol–water partition coefficient (Wildman–Crippen LogP) is 1.72. The van der Waals surface area contributed by atoms with Crippen molar-refractivity contribution >= 4 is 5.71 Å². The van der Waals surface area contributed by atoms with E-state index in [-0.39, 0.29) is 0 Å². The zero-order valence-corrected chi connectivity index (χ0v) is 7.52. The summed E-state index contributed by atoms with van der Waals surface area (Å²) < 4.78 is 0. The molecule has 1 rings (SSSR count). The molecule has 0 atom stereocenters. The second kappa shape index (κ2) is 2.68. The molecule has 0 heterocycles. The van der Waals surface area contributed by atoms with E-state index < -0.39 is 0 Å². The molecule has 1 aliphatic carbocycles. The molecule has 0 bridgehead atoms. The van der Waals surface area contributed by atoms with Crippen molar-refractivity contribution in [2.24, 2.45) is 16.1 Å². The maximum absolute atomic E-state index is 5.76. The van der Waals surface area contributed by atoms with E-state index in [1.54, 1.807) is 0 Å². The van der Waals surface area contributed by atoms with Gasteiger partial charge in [-0.2, -0.15) is 0 Å². The highest BCUT2D eigenvalue weighted by Crippen LogP contribution is 2.31. The van der Waals surface area contributed by atoms with Crippen molar-refractivity contribution in [1.82, 2.24) is 0 Å². The molecule has 2 N–H and O–H groups in total. The van der Waals surface area contributed by atoms with Gasteiger partial charge in [-0.3, -0.25) is 4.99 Å². The number of hydrogen-bond acceptors (Lipinski definition) is 2. The van der Waals surface area contributed by atoms with Gasteiger partial charge in [-0.15, -0.1) is 0 Å². The van der Waals surface area contributed by atoms with Gasteiger partial charge in [0.05, 0.1) is 0 Å². The Morgan fingerprint density at radius 3 is 2.55 bits per heavy atom. The van der Waals surface area contributed by atoms with Crippen molar-refractivity contribution in [2.45, 2.75) is 26.7 Å². The molecule has 0 aliphatic heterocycles. The molecular weight excluding hydrogens is 136 g/mol. The van der Waals surface area contributed by atoms with E-state index in [9.17, 15) is 0 Å². The van der Waals surface area contributed by atoms with Crippen molar-refractivity contribution in [1.29, 1.82) is 0 Å². The van der Waals surface area contributed by atoms with Crippen LogP contribution in [-0.4, -0.2) is 12.8 Å². The van der Waals surface area contributed by atoms with Gasteiger partial charge in [0.2, 0.25) is 0 Å². The number of allylic oxidation sites excluding steroid dienone is 2. The Kier molecular flexibility index (Phi) is 2.03. The molecule has 62 valence electrons. The van der Waals surface area contributed by atoms with Gasteiger partial charge in [0.15, 0.2) is 0 Å². The second-order valence-electron chi connectivity index (χ2n) is 3.95. The number of rotatable bonds is 0. The Balaban J connectivity index is 2.86. The first kappa shape index (κ1) is 8.31. The lowest BCUT2D eigenvalue weighted by atomic mass is 9.79. The summed E-state index contributed by atoms with van der Waals surface area (Å²) >= 11 is 0. The number of aliphatic imine (C=N–C) groups is 1. The normalized spacial score (nSPS) is 26.8. The van der Waals surface area contributed by atoms with Crippen LogP contribution in [-0.2, 0) is 0 Å². The summed E-state index contributed by atoms with van der Waals surface area (Å²) in [5.41, 5.74) is 8.14. The van der Waals surface area contributed by atoms with Crippen LogP contribution in [0, 0.1) is 5.41 Å². The third-order valence-corrected chi connectivity index (χ3v) is 1.98. The monoisotopic (exact) mass is 152 g/mol. The zero-order chi connectivity index (χ0) is 8.48. The Morgan fingerprint density at radius 2 is 2.09 bits per heavy atom. The lowest BCUT2D eigenvalue weighted by Crippen LogP contribution is -2.24. The number of hydrogen-bond donors (Lipinski definition) is 1. The molecule has 0 spiro atoms. The molecule has 0 aromatic heterocycles.